The van der Waals surface area contributed by atoms with Crippen LogP contribution in [0.3, 0.4) is 0 Å². The van der Waals surface area contributed by atoms with E-state index in [9.17, 15) is 4.79 Å². The second-order valence-electron chi connectivity index (χ2n) is 5.13. The van der Waals surface area contributed by atoms with Crippen molar-refractivity contribution < 1.29 is 13.9 Å². The zero-order valence-electron chi connectivity index (χ0n) is 13.0. The smallest absolute Gasteiger partial charge is 0.348 e. The van der Waals surface area contributed by atoms with E-state index in [1.54, 1.807) is 0 Å². The number of aryl methyl sites for hydroxylation is 2. The van der Waals surface area contributed by atoms with Crippen molar-refractivity contribution in [3.63, 3.8) is 0 Å². The van der Waals surface area contributed by atoms with Crippen LogP contribution in [0.4, 0.5) is 0 Å². The molecule has 0 spiro atoms. The minimum absolute atomic E-state index is 0.105. The maximum absolute atomic E-state index is 12.1. The molecule has 2 aromatic heterocycles. The van der Waals surface area contributed by atoms with E-state index in [0.29, 0.717) is 16.5 Å². The highest BCUT2D eigenvalue weighted by molar-refractivity contribution is 7.14. The molecule has 0 saturated carbocycles. The van der Waals surface area contributed by atoms with E-state index in [-0.39, 0.29) is 12.6 Å². The summed E-state index contributed by atoms with van der Waals surface area (Å²) in [6, 6.07) is 11.5. The molecule has 1 aromatic carbocycles. The molecule has 0 saturated heterocycles. The summed E-state index contributed by atoms with van der Waals surface area (Å²) in [6.45, 7) is 4.20. The maximum atomic E-state index is 12.1. The first kappa shape index (κ1) is 15.5. The third-order valence-corrected chi connectivity index (χ3v) is 4.60. The monoisotopic (exact) mass is 327 g/mol. The van der Waals surface area contributed by atoms with E-state index in [1.807, 2.05) is 43.3 Å². The molecule has 5 heteroatoms. The first-order valence-electron chi connectivity index (χ1n) is 7.43. The fraction of sp³-hybridized carbons (Fsp3) is 0.222. The van der Waals surface area contributed by atoms with Crippen molar-refractivity contribution in [1.82, 2.24) is 4.98 Å². The molecule has 0 N–H and O–H groups in total. The average Bonchev–Trinajstić information content (AvgIpc) is 3.20. The summed E-state index contributed by atoms with van der Waals surface area (Å²) in [5, 5.41) is 0. The van der Waals surface area contributed by atoms with Crippen molar-refractivity contribution >= 4 is 17.3 Å². The van der Waals surface area contributed by atoms with Crippen molar-refractivity contribution in [3.8, 4) is 11.5 Å². The zero-order valence-corrected chi connectivity index (χ0v) is 13.9. The molecule has 0 unspecified atom stereocenters. The molecule has 2 heterocycles. The molecule has 0 bridgehead atoms. The quantitative estimate of drug-likeness (QED) is 0.641. The van der Waals surface area contributed by atoms with Gasteiger partial charge in [-0.2, -0.15) is 0 Å². The predicted octanol–water partition coefficient (Wildman–Crippen LogP) is 4.63. The fourth-order valence-corrected chi connectivity index (χ4v) is 3.28. The molecule has 4 nitrogen and oxygen atoms in total. The number of esters is 1. The van der Waals surface area contributed by atoms with Crippen LogP contribution in [0.1, 0.15) is 32.7 Å². The molecule has 0 amide bonds. The van der Waals surface area contributed by atoms with Crippen LogP contribution >= 0.6 is 11.3 Å². The maximum Gasteiger partial charge on any atom is 0.348 e. The lowest BCUT2D eigenvalue weighted by Gasteiger charge is -1.99. The van der Waals surface area contributed by atoms with Crippen molar-refractivity contribution in [2.45, 2.75) is 26.9 Å². The van der Waals surface area contributed by atoms with E-state index in [1.165, 1.54) is 23.2 Å². The van der Waals surface area contributed by atoms with Gasteiger partial charge in [-0.15, -0.1) is 11.3 Å². The number of oxazole rings is 1. The van der Waals surface area contributed by atoms with Gasteiger partial charge in [0.05, 0.1) is 0 Å². The van der Waals surface area contributed by atoms with Crippen LogP contribution in [-0.4, -0.2) is 11.0 Å². The van der Waals surface area contributed by atoms with Crippen LogP contribution in [0.25, 0.3) is 11.5 Å². The van der Waals surface area contributed by atoms with E-state index >= 15 is 0 Å². The van der Waals surface area contributed by atoms with E-state index < -0.39 is 0 Å². The zero-order chi connectivity index (χ0) is 16.2. The highest BCUT2D eigenvalue weighted by Gasteiger charge is 2.14. The van der Waals surface area contributed by atoms with Crippen LogP contribution in [0.2, 0.25) is 0 Å². The van der Waals surface area contributed by atoms with Gasteiger partial charge in [0.25, 0.3) is 0 Å². The number of rotatable bonds is 5. The molecule has 0 radical (unpaired) electrons. The Balaban J connectivity index is 1.64. The van der Waals surface area contributed by atoms with Crippen molar-refractivity contribution in [3.05, 3.63) is 63.7 Å². The first-order chi connectivity index (χ1) is 11.2. The Labute approximate surface area is 138 Å². The van der Waals surface area contributed by atoms with Crippen LogP contribution in [0.15, 0.2) is 47.1 Å². The van der Waals surface area contributed by atoms with Gasteiger partial charge in [-0.1, -0.05) is 25.1 Å². The van der Waals surface area contributed by atoms with E-state index in [4.69, 9.17) is 9.15 Å². The van der Waals surface area contributed by atoms with Gasteiger partial charge in [-0.3, -0.25) is 0 Å². The molecule has 0 aliphatic carbocycles. The summed E-state index contributed by atoms with van der Waals surface area (Å²) >= 11 is 1.47. The number of aromatic nitrogens is 1. The molecule has 0 fully saturated rings. The number of nitrogens with zero attached hydrogens (tertiary/aromatic N) is 1. The largest absolute Gasteiger partial charge is 0.455 e. The minimum Gasteiger partial charge on any atom is -0.455 e. The number of hydrogen-bond acceptors (Lipinski definition) is 5. The van der Waals surface area contributed by atoms with Gasteiger partial charge in [0, 0.05) is 10.4 Å². The lowest BCUT2D eigenvalue weighted by Crippen LogP contribution is -2.03. The molecule has 3 aromatic rings. The Kier molecular flexibility index (Phi) is 4.57. The van der Waals surface area contributed by atoms with Gasteiger partial charge in [-0.05, 0) is 37.1 Å². The summed E-state index contributed by atoms with van der Waals surface area (Å²) in [7, 11) is 0. The van der Waals surface area contributed by atoms with Crippen LogP contribution in [-0.2, 0) is 17.8 Å². The Hall–Kier alpha value is -2.40. The van der Waals surface area contributed by atoms with Crippen LogP contribution in [0.5, 0.6) is 0 Å². The Morgan fingerprint density at radius 1 is 1.30 bits per heavy atom. The topological polar surface area (TPSA) is 52.3 Å². The number of hydrogen-bond donors (Lipinski definition) is 0. The number of ether oxygens (including phenoxy) is 1. The molecular formula is C18H17NO3S. The fourth-order valence-electron chi connectivity index (χ4n) is 2.27. The van der Waals surface area contributed by atoms with Crippen molar-refractivity contribution in [1.29, 1.82) is 0 Å². The summed E-state index contributed by atoms with van der Waals surface area (Å²) < 4.78 is 10.8. The number of carbonyl (C=O) groups excluding carboxylic acids is 1. The minimum atomic E-state index is -0.318. The summed E-state index contributed by atoms with van der Waals surface area (Å²) in [6.07, 6.45) is 2.44. The SMILES string of the molecule is CCc1cc(C(=O)OCc2coc(-c3ccccc3)n2)sc1C. The predicted molar refractivity (Wildman–Crippen MR) is 89.5 cm³/mol. The standard InChI is InChI=1S/C18H17NO3S/c1-3-13-9-16(23-12(13)2)18(20)22-11-15-10-21-17(19-15)14-7-5-4-6-8-14/h4-10H,3,11H2,1-2H3. The Morgan fingerprint density at radius 2 is 2.09 bits per heavy atom. The second-order valence-corrected chi connectivity index (χ2v) is 6.39. The third kappa shape index (κ3) is 3.51. The molecule has 0 aliphatic heterocycles. The van der Waals surface area contributed by atoms with Gasteiger partial charge >= 0.3 is 5.97 Å². The van der Waals surface area contributed by atoms with E-state index in [2.05, 4.69) is 11.9 Å². The normalized spacial score (nSPS) is 10.7. The lowest BCUT2D eigenvalue weighted by molar-refractivity contribution is 0.0473. The second kappa shape index (κ2) is 6.79. The molecule has 118 valence electrons. The number of carbonyl (C=O) groups is 1. The van der Waals surface area contributed by atoms with Gasteiger partial charge in [0.2, 0.25) is 5.89 Å². The molecule has 0 atom stereocenters. The first-order valence-corrected chi connectivity index (χ1v) is 8.25. The van der Waals surface area contributed by atoms with E-state index in [0.717, 1.165) is 16.9 Å². The molecule has 0 aliphatic rings. The molecule has 23 heavy (non-hydrogen) atoms. The highest BCUT2D eigenvalue weighted by Crippen LogP contribution is 2.23. The summed E-state index contributed by atoms with van der Waals surface area (Å²) in [4.78, 5) is 18.2. The van der Waals surface area contributed by atoms with Crippen molar-refractivity contribution in [2.24, 2.45) is 0 Å². The summed E-state index contributed by atoms with van der Waals surface area (Å²) in [5.41, 5.74) is 2.68. The van der Waals surface area contributed by atoms with Crippen LogP contribution in [0, 0.1) is 6.92 Å². The van der Waals surface area contributed by atoms with Gasteiger partial charge in [-0.25, -0.2) is 9.78 Å². The van der Waals surface area contributed by atoms with Crippen molar-refractivity contribution in [2.75, 3.05) is 0 Å². The number of benzene rings is 1. The van der Waals surface area contributed by atoms with Gasteiger partial charge in [0.1, 0.15) is 23.4 Å². The Morgan fingerprint density at radius 3 is 2.78 bits per heavy atom. The average molecular weight is 327 g/mol. The van der Waals surface area contributed by atoms with Gasteiger partial charge < -0.3 is 9.15 Å². The third-order valence-electron chi connectivity index (χ3n) is 3.53. The lowest BCUT2D eigenvalue weighted by atomic mass is 10.2. The molecule has 3 rings (SSSR count). The highest BCUT2D eigenvalue weighted by atomic mass is 32.1. The Bertz CT molecular complexity index is 805. The van der Waals surface area contributed by atoms with Gasteiger partial charge in [0.15, 0.2) is 0 Å². The molecular weight excluding hydrogens is 310 g/mol. The summed E-state index contributed by atoms with van der Waals surface area (Å²) in [5.74, 6) is 0.207. The number of thiophene rings is 1. The van der Waals surface area contributed by atoms with Crippen LogP contribution < -0.4 is 0 Å².